The Balaban J connectivity index is 1.77. The maximum Gasteiger partial charge on any atom is 0.101 e. The quantitative estimate of drug-likeness (QED) is 0.912. The van der Waals surface area contributed by atoms with Gasteiger partial charge in [0.1, 0.15) is 6.07 Å². The summed E-state index contributed by atoms with van der Waals surface area (Å²) in [6.07, 6.45) is 6.38. The Morgan fingerprint density at radius 2 is 2.15 bits per heavy atom. The molecule has 3 heteroatoms. The third kappa shape index (κ3) is 2.96. The monoisotopic (exact) mass is 269 g/mol. The van der Waals surface area contributed by atoms with Gasteiger partial charge in [-0.2, -0.15) is 5.26 Å². The van der Waals surface area contributed by atoms with E-state index in [9.17, 15) is 5.26 Å². The van der Waals surface area contributed by atoms with Crippen molar-refractivity contribution in [2.24, 2.45) is 0 Å². The first-order valence-corrected chi connectivity index (χ1v) is 7.81. The summed E-state index contributed by atoms with van der Waals surface area (Å²) in [4.78, 5) is 2.40. The van der Waals surface area contributed by atoms with Gasteiger partial charge in [-0.3, -0.25) is 0 Å². The van der Waals surface area contributed by atoms with E-state index in [0.29, 0.717) is 12.1 Å². The first-order chi connectivity index (χ1) is 9.78. The van der Waals surface area contributed by atoms with Gasteiger partial charge in [0.2, 0.25) is 0 Å². The van der Waals surface area contributed by atoms with Crippen LogP contribution in [-0.4, -0.2) is 18.6 Å². The van der Waals surface area contributed by atoms with Crippen LogP contribution in [0.5, 0.6) is 0 Å². The largest absolute Gasteiger partial charge is 0.368 e. The minimum absolute atomic E-state index is 0.547. The summed E-state index contributed by atoms with van der Waals surface area (Å²) in [5, 5.41) is 13.0. The Labute approximate surface area is 121 Å². The molecule has 2 aliphatic rings. The molecule has 0 amide bonds. The minimum Gasteiger partial charge on any atom is -0.368 e. The van der Waals surface area contributed by atoms with Crippen molar-refractivity contribution < 1.29 is 0 Å². The van der Waals surface area contributed by atoms with Crippen molar-refractivity contribution in [3.8, 4) is 6.07 Å². The average Bonchev–Trinajstić information content (AvgIpc) is 3.30. The average molecular weight is 269 g/mol. The highest BCUT2D eigenvalue weighted by Crippen LogP contribution is 2.28. The van der Waals surface area contributed by atoms with Gasteiger partial charge in [-0.05, 0) is 56.7 Å². The molecule has 1 saturated carbocycles. The molecule has 1 atom stereocenters. The highest BCUT2D eigenvalue weighted by molar-refractivity contribution is 5.61. The van der Waals surface area contributed by atoms with Crippen LogP contribution in [0.15, 0.2) is 18.2 Å². The van der Waals surface area contributed by atoms with Crippen molar-refractivity contribution in [3.63, 3.8) is 0 Å². The van der Waals surface area contributed by atoms with E-state index in [1.165, 1.54) is 37.7 Å². The molecule has 0 spiro atoms. The molecular weight excluding hydrogens is 246 g/mol. The Bertz CT molecular complexity index is 513. The summed E-state index contributed by atoms with van der Waals surface area (Å²) in [6.45, 7) is 4.23. The molecule has 1 heterocycles. The van der Waals surface area contributed by atoms with Gasteiger partial charge < -0.3 is 10.2 Å². The summed E-state index contributed by atoms with van der Waals surface area (Å²) < 4.78 is 0. The highest BCUT2D eigenvalue weighted by atomic mass is 15.2. The number of anilines is 1. The fraction of sp³-hybridized carbons (Fsp3) is 0.588. The normalized spacial score (nSPS) is 22.6. The molecule has 2 fully saturated rings. The SMILES string of the molecule is CC1CCCCN1c1ccc(CNC2CC2)cc1C#N. The number of piperidine rings is 1. The first kappa shape index (κ1) is 13.5. The van der Waals surface area contributed by atoms with Crippen molar-refractivity contribution >= 4 is 5.69 Å². The molecule has 106 valence electrons. The van der Waals surface area contributed by atoms with Crippen LogP contribution in [0.1, 0.15) is 50.2 Å². The summed E-state index contributed by atoms with van der Waals surface area (Å²) in [7, 11) is 0. The van der Waals surface area contributed by atoms with Crippen LogP contribution in [0.25, 0.3) is 0 Å². The van der Waals surface area contributed by atoms with E-state index in [-0.39, 0.29) is 0 Å². The van der Waals surface area contributed by atoms with Gasteiger partial charge in [0.25, 0.3) is 0 Å². The van der Waals surface area contributed by atoms with Crippen molar-refractivity contribution in [1.82, 2.24) is 5.32 Å². The van der Waals surface area contributed by atoms with E-state index >= 15 is 0 Å². The Morgan fingerprint density at radius 1 is 1.30 bits per heavy atom. The Kier molecular flexibility index (Phi) is 3.93. The predicted molar refractivity (Wildman–Crippen MR) is 81.7 cm³/mol. The lowest BCUT2D eigenvalue weighted by Gasteiger charge is -2.36. The maximum absolute atomic E-state index is 9.45. The minimum atomic E-state index is 0.547. The van der Waals surface area contributed by atoms with Gasteiger partial charge in [-0.25, -0.2) is 0 Å². The zero-order chi connectivity index (χ0) is 13.9. The molecule has 0 bridgehead atoms. The molecule has 3 nitrogen and oxygen atoms in total. The third-order valence-corrected chi connectivity index (χ3v) is 4.47. The second-order valence-corrected chi connectivity index (χ2v) is 6.16. The van der Waals surface area contributed by atoms with Crippen LogP contribution in [0.2, 0.25) is 0 Å². The second kappa shape index (κ2) is 5.85. The number of nitrogens with zero attached hydrogens (tertiary/aromatic N) is 2. The molecule has 1 aromatic rings. The van der Waals surface area contributed by atoms with Crippen molar-refractivity contribution in [1.29, 1.82) is 5.26 Å². The van der Waals surface area contributed by atoms with E-state index < -0.39 is 0 Å². The fourth-order valence-electron chi connectivity index (χ4n) is 3.04. The molecule has 1 aliphatic heterocycles. The number of benzene rings is 1. The molecule has 20 heavy (non-hydrogen) atoms. The molecule has 1 aromatic carbocycles. The fourth-order valence-corrected chi connectivity index (χ4v) is 3.04. The van der Waals surface area contributed by atoms with E-state index in [0.717, 1.165) is 24.3 Å². The zero-order valence-corrected chi connectivity index (χ0v) is 12.2. The van der Waals surface area contributed by atoms with Gasteiger partial charge in [0.05, 0.1) is 11.3 Å². The van der Waals surface area contributed by atoms with Crippen LogP contribution in [0, 0.1) is 11.3 Å². The number of hydrogen-bond acceptors (Lipinski definition) is 3. The van der Waals surface area contributed by atoms with Crippen molar-refractivity contribution in [2.45, 2.75) is 57.7 Å². The van der Waals surface area contributed by atoms with Gasteiger partial charge in [-0.15, -0.1) is 0 Å². The molecule has 1 unspecified atom stereocenters. The van der Waals surface area contributed by atoms with E-state index in [2.05, 4.69) is 41.4 Å². The number of nitriles is 1. The lowest BCUT2D eigenvalue weighted by Crippen LogP contribution is -2.37. The van der Waals surface area contributed by atoms with Crippen molar-refractivity contribution in [3.05, 3.63) is 29.3 Å². The maximum atomic E-state index is 9.45. The predicted octanol–water partition coefficient (Wildman–Crippen LogP) is 3.19. The van der Waals surface area contributed by atoms with Gasteiger partial charge in [-0.1, -0.05) is 6.07 Å². The van der Waals surface area contributed by atoms with Crippen LogP contribution >= 0.6 is 0 Å². The molecule has 1 aliphatic carbocycles. The van der Waals surface area contributed by atoms with E-state index in [1.54, 1.807) is 0 Å². The highest BCUT2D eigenvalue weighted by Gasteiger charge is 2.22. The van der Waals surface area contributed by atoms with Gasteiger partial charge in [0.15, 0.2) is 0 Å². The zero-order valence-electron chi connectivity index (χ0n) is 12.2. The first-order valence-electron chi connectivity index (χ1n) is 7.81. The Morgan fingerprint density at radius 3 is 2.85 bits per heavy atom. The molecular formula is C17H23N3. The van der Waals surface area contributed by atoms with Crippen LogP contribution < -0.4 is 10.2 Å². The third-order valence-electron chi connectivity index (χ3n) is 4.47. The van der Waals surface area contributed by atoms with E-state index in [4.69, 9.17) is 0 Å². The number of nitrogens with one attached hydrogen (secondary N) is 1. The summed E-state index contributed by atoms with van der Waals surface area (Å²) in [5.41, 5.74) is 3.17. The standard InChI is InChI=1S/C17H23N3/c1-13-4-2-3-9-20(13)17-8-5-14(10-15(17)11-18)12-19-16-6-7-16/h5,8,10,13,16,19H,2-4,6-7,9,12H2,1H3. The molecule has 1 N–H and O–H groups in total. The number of rotatable bonds is 4. The van der Waals surface area contributed by atoms with Gasteiger partial charge >= 0.3 is 0 Å². The molecule has 0 aromatic heterocycles. The van der Waals surface area contributed by atoms with E-state index in [1.807, 2.05) is 0 Å². The van der Waals surface area contributed by atoms with Crippen molar-refractivity contribution in [2.75, 3.05) is 11.4 Å². The molecule has 3 rings (SSSR count). The molecule has 1 saturated heterocycles. The smallest absolute Gasteiger partial charge is 0.101 e. The van der Waals surface area contributed by atoms with Crippen LogP contribution in [-0.2, 0) is 6.54 Å². The van der Waals surface area contributed by atoms with Crippen LogP contribution in [0.3, 0.4) is 0 Å². The van der Waals surface area contributed by atoms with Gasteiger partial charge in [0, 0.05) is 25.2 Å². The summed E-state index contributed by atoms with van der Waals surface area (Å²) in [6, 6.07) is 10.0. The second-order valence-electron chi connectivity index (χ2n) is 6.16. The Hall–Kier alpha value is -1.53. The topological polar surface area (TPSA) is 39.1 Å². The summed E-state index contributed by atoms with van der Waals surface area (Å²) in [5.74, 6) is 0. The summed E-state index contributed by atoms with van der Waals surface area (Å²) >= 11 is 0. The lowest BCUT2D eigenvalue weighted by atomic mass is 10.0. The van der Waals surface area contributed by atoms with Crippen LogP contribution in [0.4, 0.5) is 5.69 Å². The number of hydrogen-bond donors (Lipinski definition) is 1. The molecule has 0 radical (unpaired) electrons. The lowest BCUT2D eigenvalue weighted by molar-refractivity contribution is 0.484.